The zero-order valence-corrected chi connectivity index (χ0v) is 17.7. The Kier molecular flexibility index (Phi) is 6.64. The second-order valence-electron chi connectivity index (χ2n) is 6.79. The number of hydrogen-bond donors (Lipinski definition) is 1. The van der Waals surface area contributed by atoms with Crippen molar-refractivity contribution in [3.63, 3.8) is 0 Å². The van der Waals surface area contributed by atoms with Crippen molar-refractivity contribution >= 4 is 39.0 Å². The standard InChI is InChI=1S/C21H24FN3O3S/c1-5-6-7-12(2)28-16-10-14(22)8-9-15(16)25-19-17-13(3)18(21(26)27-4)29-20(17)24-11-23-19/h8-12H,5-7H2,1-4H3,(H,23,24,25). The van der Waals surface area contributed by atoms with E-state index in [1.165, 1.54) is 36.9 Å². The maximum absolute atomic E-state index is 13.9. The summed E-state index contributed by atoms with van der Waals surface area (Å²) in [4.78, 5) is 21.8. The van der Waals surface area contributed by atoms with E-state index in [9.17, 15) is 9.18 Å². The zero-order valence-electron chi connectivity index (χ0n) is 16.9. The van der Waals surface area contributed by atoms with Gasteiger partial charge in [0.15, 0.2) is 0 Å². The molecule has 154 valence electrons. The van der Waals surface area contributed by atoms with Gasteiger partial charge in [-0.25, -0.2) is 19.2 Å². The molecular formula is C21H24FN3O3S. The number of aromatic nitrogens is 2. The molecule has 0 bridgehead atoms. The average Bonchev–Trinajstić information content (AvgIpc) is 3.05. The van der Waals surface area contributed by atoms with Crippen molar-refractivity contribution in [3.05, 3.63) is 40.8 Å². The minimum absolute atomic E-state index is 0.0449. The van der Waals surface area contributed by atoms with Crippen LogP contribution in [-0.2, 0) is 4.74 Å². The minimum atomic E-state index is -0.410. The first-order chi connectivity index (χ1) is 13.9. The molecule has 0 fully saturated rings. The van der Waals surface area contributed by atoms with Gasteiger partial charge in [-0.2, -0.15) is 0 Å². The van der Waals surface area contributed by atoms with E-state index >= 15 is 0 Å². The van der Waals surface area contributed by atoms with Crippen LogP contribution in [0.3, 0.4) is 0 Å². The molecule has 0 aliphatic heterocycles. The lowest BCUT2D eigenvalue weighted by Gasteiger charge is -2.18. The second-order valence-corrected chi connectivity index (χ2v) is 7.79. The van der Waals surface area contributed by atoms with E-state index in [1.807, 2.05) is 13.8 Å². The first kappa shape index (κ1) is 21.0. The van der Waals surface area contributed by atoms with Gasteiger partial charge in [-0.1, -0.05) is 19.8 Å². The average molecular weight is 418 g/mol. The normalized spacial score (nSPS) is 12.0. The number of benzene rings is 1. The van der Waals surface area contributed by atoms with Crippen LogP contribution < -0.4 is 10.1 Å². The van der Waals surface area contributed by atoms with Crippen LogP contribution in [0, 0.1) is 12.7 Å². The van der Waals surface area contributed by atoms with Gasteiger partial charge >= 0.3 is 5.97 Å². The molecule has 2 aromatic heterocycles. The second kappa shape index (κ2) is 9.17. The molecule has 0 spiro atoms. The van der Waals surface area contributed by atoms with E-state index < -0.39 is 5.97 Å². The van der Waals surface area contributed by atoms with Crippen LogP contribution >= 0.6 is 11.3 Å². The molecule has 3 aromatic rings. The van der Waals surface area contributed by atoms with Gasteiger partial charge in [0.05, 0.1) is 24.3 Å². The fourth-order valence-electron chi connectivity index (χ4n) is 3.05. The van der Waals surface area contributed by atoms with E-state index in [4.69, 9.17) is 9.47 Å². The van der Waals surface area contributed by atoms with Crippen molar-refractivity contribution in [2.75, 3.05) is 12.4 Å². The largest absolute Gasteiger partial charge is 0.488 e. The summed E-state index contributed by atoms with van der Waals surface area (Å²) in [6, 6.07) is 4.35. The van der Waals surface area contributed by atoms with Crippen molar-refractivity contribution in [3.8, 4) is 5.75 Å². The number of carbonyl (C=O) groups is 1. The van der Waals surface area contributed by atoms with E-state index in [2.05, 4.69) is 22.2 Å². The maximum atomic E-state index is 13.9. The first-order valence-electron chi connectivity index (χ1n) is 9.50. The molecular weight excluding hydrogens is 393 g/mol. The molecule has 3 rings (SSSR count). The number of thiophene rings is 1. The van der Waals surface area contributed by atoms with Crippen LogP contribution in [0.2, 0.25) is 0 Å². The molecule has 2 heterocycles. The third-order valence-electron chi connectivity index (χ3n) is 4.59. The maximum Gasteiger partial charge on any atom is 0.348 e. The van der Waals surface area contributed by atoms with Crippen LogP contribution in [0.4, 0.5) is 15.9 Å². The summed E-state index contributed by atoms with van der Waals surface area (Å²) in [7, 11) is 1.35. The molecule has 1 atom stereocenters. The van der Waals surface area contributed by atoms with Gasteiger partial charge in [-0.3, -0.25) is 0 Å². The Morgan fingerprint density at radius 3 is 2.86 bits per heavy atom. The van der Waals surface area contributed by atoms with Gasteiger partial charge < -0.3 is 14.8 Å². The summed E-state index contributed by atoms with van der Waals surface area (Å²) in [5.41, 5.74) is 1.33. The van der Waals surface area contributed by atoms with Crippen molar-refractivity contribution in [2.45, 2.75) is 46.1 Å². The summed E-state index contributed by atoms with van der Waals surface area (Å²) in [5, 5.41) is 3.96. The number of unbranched alkanes of at least 4 members (excludes halogenated alkanes) is 1. The van der Waals surface area contributed by atoms with Gasteiger partial charge in [0.1, 0.15) is 33.4 Å². The fourth-order valence-corrected chi connectivity index (χ4v) is 4.11. The van der Waals surface area contributed by atoms with Crippen LogP contribution in [0.15, 0.2) is 24.5 Å². The number of rotatable bonds is 8. The number of carbonyl (C=O) groups excluding carboxylic acids is 1. The lowest BCUT2D eigenvalue weighted by atomic mass is 10.2. The monoisotopic (exact) mass is 417 g/mol. The number of anilines is 2. The van der Waals surface area contributed by atoms with E-state index in [1.54, 1.807) is 6.07 Å². The summed E-state index contributed by atoms with van der Waals surface area (Å²) in [6.07, 6.45) is 4.37. The highest BCUT2D eigenvalue weighted by Crippen LogP contribution is 2.37. The van der Waals surface area contributed by atoms with Crippen LogP contribution in [0.5, 0.6) is 5.75 Å². The summed E-state index contributed by atoms with van der Waals surface area (Å²) in [5.74, 6) is 0.158. The Labute approximate surface area is 173 Å². The quantitative estimate of drug-likeness (QED) is 0.479. The number of esters is 1. The number of aryl methyl sites for hydroxylation is 1. The smallest absolute Gasteiger partial charge is 0.348 e. The highest BCUT2D eigenvalue weighted by atomic mass is 32.1. The molecule has 0 radical (unpaired) electrons. The van der Waals surface area contributed by atoms with Crippen LogP contribution in [0.1, 0.15) is 48.3 Å². The fraction of sp³-hybridized carbons (Fsp3) is 0.381. The minimum Gasteiger partial charge on any atom is -0.488 e. The van der Waals surface area contributed by atoms with E-state index in [0.29, 0.717) is 27.0 Å². The highest BCUT2D eigenvalue weighted by molar-refractivity contribution is 7.20. The van der Waals surface area contributed by atoms with Crippen molar-refractivity contribution in [1.29, 1.82) is 0 Å². The molecule has 0 saturated carbocycles. The number of ether oxygens (including phenoxy) is 2. The molecule has 1 aromatic carbocycles. The Morgan fingerprint density at radius 1 is 1.34 bits per heavy atom. The molecule has 29 heavy (non-hydrogen) atoms. The number of nitrogens with one attached hydrogen (secondary N) is 1. The van der Waals surface area contributed by atoms with Crippen molar-refractivity contribution in [1.82, 2.24) is 9.97 Å². The van der Waals surface area contributed by atoms with Gasteiger partial charge in [0.2, 0.25) is 0 Å². The zero-order chi connectivity index (χ0) is 21.0. The van der Waals surface area contributed by atoms with Crippen molar-refractivity contribution < 1.29 is 18.7 Å². The Bertz CT molecular complexity index is 1020. The molecule has 1 unspecified atom stereocenters. The summed E-state index contributed by atoms with van der Waals surface area (Å²) >= 11 is 1.25. The Morgan fingerprint density at radius 2 is 2.14 bits per heavy atom. The Balaban J connectivity index is 1.97. The number of nitrogens with zero attached hydrogens (tertiary/aromatic N) is 2. The SMILES string of the molecule is CCCCC(C)Oc1cc(F)ccc1Nc1ncnc2sc(C(=O)OC)c(C)c12. The van der Waals surface area contributed by atoms with Gasteiger partial charge in [0, 0.05) is 6.07 Å². The van der Waals surface area contributed by atoms with E-state index in [0.717, 1.165) is 30.2 Å². The van der Waals surface area contributed by atoms with Gasteiger partial charge in [0.25, 0.3) is 0 Å². The predicted molar refractivity (Wildman–Crippen MR) is 113 cm³/mol. The lowest BCUT2D eigenvalue weighted by molar-refractivity contribution is 0.0605. The third-order valence-corrected chi connectivity index (χ3v) is 5.77. The van der Waals surface area contributed by atoms with Crippen LogP contribution in [-0.4, -0.2) is 29.2 Å². The number of halogens is 1. The van der Waals surface area contributed by atoms with E-state index in [-0.39, 0.29) is 11.9 Å². The molecule has 0 amide bonds. The number of methoxy groups -OCH3 is 1. The predicted octanol–water partition coefficient (Wildman–Crippen LogP) is 5.63. The topological polar surface area (TPSA) is 73.3 Å². The molecule has 8 heteroatoms. The summed E-state index contributed by atoms with van der Waals surface area (Å²) in [6.45, 7) is 5.92. The molecule has 0 aliphatic rings. The Hall–Kier alpha value is -2.74. The molecule has 1 N–H and O–H groups in total. The first-order valence-corrected chi connectivity index (χ1v) is 10.3. The van der Waals surface area contributed by atoms with Crippen LogP contribution in [0.25, 0.3) is 10.2 Å². The van der Waals surface area contributed by atoms with Gasteiger partial charge in [-0.15, -0.1) is 11.3 Å². The molecule has 6 nitrogen and oxygen atoms in total. The molecule has 0 aliphatic carbocycles. The number of fused-ring (bicyclic) bond motifs is 1. The third kappa shape index (κ3) is 4.64. The highest BCUT2D eigenvalue weighted by Gasteiger charge is 2.20. The summed E-state index contributed by atoms with van der Waals surface area (Å²) < 4.78 is 24.7. The molecule has 0 saturated heterocycles. The van der Waals surface area contributed by atoms with Crippen molar-refractivity contribution in [2.24, 2.45) is 0 Å². The van der Waals surface area contributed by atoms with Gasteiger partial charge in [-0.05, 0) is 38.0 Å². The lowest BCUT2D eigenvalue weighted by Crippen LogP contribution is -2.12. The number of hydrogen-bond acceptors (Lipinski definition) is 7.